The number of piperazine rings is 1. The Balaban J connectivity index is 1.67. The number of hydrogen-bond donors (Lipinski definition) is 0. The summed E-state index contributed by atoms with van der Waals surface area (Å²) in [6, 6.07) is 3.82. The van der Waals surface area contributed by atoms with Gasteiger partial charge in [0.05, 0.1) is 13.2 Å². The van der Waals surface area contributed by atoms with E-state index in [1.54, 1.807) is 23.0 Å². The van der Waals surface area contributed by atoms with Crippen molar-refractivity contribution < 1.29 is 23.4 Å². The summed E-state index contributed by atoms with van der Waals surface area (Å²) >= 11 is 0. The molecule has 4 heterocycles. The van der Waals surface area contributed by atoms with Crippen molar-refractivity contribution in [2.45, 2.75) is 59.2 Å². The Labute approximate surface area is 230 Å². The van der Waals surface area contributed by atoms with Crippen LogP contribution in [0.2, 0.25) is 0 Å². The van der Waals surface area contributed by atoms with Gasteiger partial charge in [-0.1, -0.05) is 18.6 Å². The molecule has 0 bridgehead atoms. The molecule has 1 aromatic rings. The number of hydrogen-bond acceptors (Lipinski definition) is 8. The van der Waals surface area contributed by atoms with Gasteiger partial charge in [-0.25, -0.2) is 19.2 Å². The van der Waals surface area contributed by atoms with E-state index in [9.17, 15) is 4.79 Å². The van der Waals surface area contributed by atoms with E-state index < -0.39 is 11.4 Å². The molecule has 0 aliphatic carbocycles. The van der Waals surface area contributed by atoms with E-state index in [1.165, 1.54) is 6.20 Å². The Morgan fingerprint density at radius 1 is 1.26 bits per heavy atom. The summed E-state index contributed by atoms with van der Waals surface area (Å²) < 4.78 is 32.6. The number of halogens is 1. The lowest BCUT2D eigenvalue weighted by molar-refractivity contribution is 0.0186. The summed E-state index contributed by atoms with van der Waals surface area (Å²) in [7, 11) is 1.78. The third-order valence-electron chi connectivity index (χ3n) is 6.71. The lowest BCUT2D eigenvalue weighted by atomic mass is 10.0. The molecule has 0 radical (unpaired) electrons. The minimum absolute atomic E-state index is 0.0668. The molecule has 1 atom stereocenters. The number of carbonyl (C=O) groups is 1. The first kappa shape index (κ1) is 28.6. The van der Waals surface area contributed by atoms with Crippen LogP contribution < -0.4 is 4.74 Å². The number of pyridine rings is 1. The molecule has 3 aliphatic heterocycles. The molecule has 2 fully saturated rings. The highest BCUT2D eigenvalue weighted by molar-refractivity contribution is 5.99. The van der Waals surface area contributed by atoms with E-state index in [0.29, 0.717) is 51.1 Å². The summed E-state index contributed by atoms with van der Waals surface area (Å²) in [5, 5.41) is 0. The zero-order chi connectivity index (χ0) is 28.2. The highest BCUT2D eigenvalue weighted by Crippen LogP contribution is 2.34. The van der Waals surface area contributed by atoms with Gasteiger partial charge in [0.15, 0.2) is 11.7 Å². The molecule has 39 heavy (non-hydrogen) atoms. The molecule has 1 amide bonds. The van der Waals surface area contributed by atoms with Crippen LogP contribution in [0.4, 0.5) is 9.18 Å². The van der Waals surface area contributed by atoms with E-state index in [2.05, 4.69) is 24.9 Å². The van der Waals surface area contributed by atoms with Crippen molar-refractivity contribution in [3.05, 3.63) is 53.4 Å². The third kappa shape index (κ3) is 7.17. The zero-order valence-corrected chi connectivity index (χ0v) is 23.9. The number of aromatic nitrogens is 1. The van der Waals surface area contributed by atoms with Crippen LogP contribution in [-0.2, 0) is 9.47 Å². The number of carbonyl (C=O) groups excluding carboxylic acids is 1. The topological polar surface area (TPSA) is 79.7 Å². The quantitative estimate of drug-likeness (QED) is 0.520. The fourth-order valence-corrected chi connectivity index (χ4v) is 4.49. The zero-order valence-electron chi connectivity index (χ0n) is 23.9. The van der Waals surface area contributed by atoms with Crippen LogP contribution >= 0.6 is 0 Å². The van der Waals surface area contributed by atoms with Crippen LogP contribution in [0.25, 0.3) is 5.57 Å². The van der Waals surface area contributed by atoms with Gasteiger partial charge in [0.2, 0.25) is 5.88 Å². The number of amides is 1. The first-order valence-electron chi connectivity index (χ1n) is 13.6. The molecule has 10 heteroatoms. The highest BCUT2D eigenvalue weighted by Gasteiger charge is 2.31. The van der Waals surface area contributed by atoms with E-state index in [1.807, 2.05) is 37.8 Å². The van der Waals surface area contributed by atoms with Crippen molar-refractivity contribution in [2.24, 2.45) is 4.99 Å². The average molecular weight is 542 g/mol. The highest BCUT2D eigenvalue weighted by atomic mass is 19.1. The maximum atomic E-state index is 15.3. The van der Waals surface area contributed by atoms with Crippen molar-refractivity contribution in [3.63, 3.8) is 0 Å². The van der Waals surface area contributed by atoms with Crippen LogP contribution in [0, 0.1) is 0 Å². The van der Waals surface area contributed by atoms with Crippen molar-refractivity contribution in [1.29, 1.82) is 0 Å². The van der Waals surface area contributed by atoms with Crippen LogP contribution in [0.15, 0.2) is 52.8 Å². The molecule has 0 aromatic carbocycles. The largest absolute Gasteiger partial charge is 0.471 e. The first-order valence-corrected chi connectivity index (χ1v) is 13.6. The molecule has 9 nitrogen and oxygen atoms in total. The Bertz CT molecular complexity index is 1170. The molecule has 1 aromatic heterocycles. The van der Waals surface area contributed by atoms with Crippen LogP contribution in [0.1, 0.15) is 53.0 Å². The Morgan fingerprint density at radius 2 is 2.00 bits per heavy atom. The minimum Gasteiger partial charge on any atom is -0.471 e. The number of amidine groups is 1. The second-order valence-corrected chi connectivity index (χ2v) is 11.0. The third-order valence-corrected chi connectivity index (χ3v) is 6.71. The van der Waals surface area contributed by atoms with Crippen molar-refractivity contribution in [2.75, 3.05) is 46.4 Å². The van der Waals surface area contributed by atoms with Crippen molar-refractivity contribution in [1.82, 2.24) is 19.7 Å². The van der Waals surface area contributed by atoms with Gasteiger partial charge in [-0.05, 0) is 46.2 Å². The number of allylic oxidation sites excluding steroid dienone is 3. The van der Waals surface area contributed by atoms with Crippen molar-refractivity contribution >= 4 is 17.5 Å². The number of ether oxygens (including phenoxy) is 3. The molecule has 2 saturated heterocycles. The fourth-order valence-electron chi connectivity index (χ4n) is 4.49. The second kappa shape index (κ2) is 12.2. The van der Waals surface area contributed by atoms with E-state index in [4.69, 9.17) is 19.2 Å². The molecule has 4 rings (SSSR count). The standard InChI is InChI=1S/C29H40FN5O4/c1-7-20(2)17-23(22-9-8-11-31-27(22)38-21-10-16-37-19-21)25-32-26(24(30)18-33(25)6)34-12-14-35(15-13-34)28(36)39-29(3,4)5/h8-9,11,17-18,21H,7,10,12-16,19H2,1-6H3/b20-17?,25-23+. The summed E-state index contributed by atoms with van der Waals surface area (Å²) in [5.74, 6) is 0.923. The smallest absolute Gasteiger partial charge is 0.410 e. The SMILES string of the molecule is CCC(C)=C/C(=C1/N=C(N2CCN(C(=O)OC(C)(C)C)CC2)C(F)=CN1C)c1cccnc1OC1CCOC1. The summed E-state index contributed by atoms with van der Waals surface area (Å²) in [4.78, 5) is 27.1. The second-order valence-electron chi connectivity index (χ2n) is 11.0. The normalized spacial score (nSPS) is 22.0. The Morgan fingerprint density at radius 3 is 2.64 bits per heavy atom. The van der Waals surface area contributed by atoms with Gasteiger partial charge >= 0.3 is 6.09 Å². The molecule has 212 valence electrons. The predicted octanol–water partition coefficient (Wildman–Crippen LogP) is 4.98. The number of aliphatic imine (C=N–C) groups is 1. The Hall–Kier alpha value is -3.40. The summed E-state index contributed by atoms with van der Waals surface area (Å²) in [6.07, 6.45) is 6.45. The van der Waals surface area contributed by atoms with E-state index in [0.717, 1.165) is 29.6 Å². The molecular formula is C29H40FN5O4. The van der Waals surface area contributed by atoms with Crippen molar-refractivity contribution in [3.8, 4) is 5.88 Å². The van der Waals surface area contributed by atoms with Crippen LogP contribution in [-0.4, -0.2) is 89.8 Å². The maximum Gasteiger partial charge on any atom is 0.410 e. The molecular weight excluding hydrogens is 501 g/mol. The number of nitrogens with zero attached hydrogens (tertiary/aromatic N) is 5. The van der Waals surface area contributed by atoms with E-state index in [-0.39, 0.29) is 18.0 Å². The lowest BCUT2D eigenvalue weighted by Gasteiger charge is -2.38. The molecule has 0 spiro atoms. The van der Waals surface area contributed by atoms with Gasteiger partial charge in [-0.15, -0.1) is 0 Å². The Kier molecular flexibility index (Phi) is 8.94. The predicted molar refractivity (Wildman–Crippen MR) is 149 cm³/mol. The van der Waals surface area contributed by atoms with Gasteiger partial charge in [-0.3, -0.25) is 0 Å². The lowest BCUT2D eigenvalue weighted by Crippen LogP contribution is -2.52. The van der Waals surface area contributed by atoms with Gasteiger partial charge in [0, 0.05) is 63.2 Å². The molecule has 1 unspecified atom stereocenters. The maximum absolute atomic E-state index is 15.3. The van der Waals surface area contributed by atoms with Crippen LogP contribution in [0.3, 0.4) is 0 Å². The molecule has 0 saturated carbocycles. The van der Waals surface area contributed by atoms with Crippen LogP contribution in [0.5, 0.6) is 5.88 Å². The number of rotatable bonds is 5. The monoisotopic (exact) mass is 541 g/mol. The van der Waals surface area contributed by atoms with Gasteiger partial charge in [0.25, 0.3) is 0 Å². The molecule has 0 N–H and O–H groups in total. The average Bonchev–Trinajstić information content (AvgIpc) is 3.40. The van der Waals surface area contributed by atoms with Gasteiger partial charge in [0.1, 0.15) is 17.5 Å². The summed E-state index contributed by atoms with van der Waals surface area (Å²) in [6.45, 7) is 12.6. The van der Waals surface area contributed by atoms with Gasteiger partial charge in [-0.2, -0.15) is 0 Å². The first-order chi connectivity index (χ1) is 18.6. The minimum atomic E-state index is -0.568. The van der Waals surface area contributed by atoms with Gasteiger partial charge < -0.3 is 28.9 Å². The van der Waals surface area contributed by atoms with E-state index >= 15 is 4.39 Å². The fraction of sp³-hybridized carbons (Fsp3) is 0.552. The molecule has 3 aliphatic rings. The summed E-state index contributed by atoms with van der Waals surface area (Å²) in [5.41, 5.74) is 2.16.